The zero-order valence-corrected chi connectivity index (χ0v) is 18.9. The average molecular weight is 465 g/mol. The molecule has 3 N–H and O–H groups in total. The molecular weight excluding hydrogens is 440 g/mol. The fourth-order valence-corrected chi connectivity index (χ4v) is 5.39. The molecule has 0 radical (unpaired) electrons. The van der Waals surface area contributed by atoms with E-state index in [2.05, 4.69) is 5.32 Å². The number of hydrogen-bond acceptors (Lipinski definition) is 6. The van der Waals surface area contributed by atoms with Crippen molar-refractivity contribution in [3.8, 4) is 11.1 Å². The number of carbonyl (C=O) groups excluding carboxylic acids is 2. The molecule has 1 aromatic heterocycles. The molecule has 0 bridgehead atoms. The quantitative estimate of drug-likeness (QED) is 0.409. The first-order valence-electron chi connectivity index (χ1n) is 10.6. The highest BCUT2D eigenvalue weighted by Gasteiger charge is 2.30. The zero-order chi connectivity index (χ0) is 23.5. The Balaban J connectivity index is 1.49. The molecule has 33 heavy (non-hydrogen) atoms. The van der Waals surface area contributed by atoms with Crippen LogP contribution in [0, 0.1) is 23.0 Å². The Bertz CT molecular complexity index is 1200. The van der Waals surface area contributed by atoms with Crippen molar-refractivity contribution in [1.29, 1.82) is 0 Å². The number of hydrogen-bond donors (Lipinski definition) is 2. The van der Waals surface area contributed by atoms with Crippen molar-refractivity contribution < 1.29 is 14.5 Å². The van der Waals surface area contributed by atoms with E-state index in [1.807, 2.05) is 42.2 Å². The minimum absolute atomic E-state index is 0.0639. The van der Waals surface area contributed by atoms with E-state index in [0.29, 0.717) is 42.2 Å². The summed E-state index contributed by atoms with van der Waals surface area (Å²) < 4.78 is 0. The number of anilines is 2. The normalized spacial score (nSPS) is 14.2. The van der Waals surface area contributed by atoms with Crippen molar-refractivity contribution >= 4 is 39.5 Å². The monoisotopic (exact) mass is 464 g/mol. The lowest BCUT2D eigenvalue weighted by atomic mass is 9.95. The molecule has 0 spiro atoms. The highest BCUT2D eigenvalue weighted by molar-refractivity contribution is 7.17. The van der Waals surface area contributed by atoms with Gasteiger partial charge in [-0.05, 0) is 31.4 Å². The highest BCUT2D eigenvalue weighted by atomic mass is 32.1. The summed E-state index contributed by atoms with van der Waals surface area (Å²) in [5.74, 6) is -1.01. The number of piperidine rings is 1. The third-order valence-corrected chi connectivity index (χ3v) is 6.94. The fourth-order valence-electron chi connectivity index (χ4n) is 4.30. The molecule has 1 fully saturated rings. The lowest BCUT2D eigenvalue weighted by Gasteiger charge is -2.32. The van der Waals surface area contributed by atoms with Crippen molar-refractivity contribution in [3.63, 3.8) is 0 Å². The minimum atomic E-state index is -0.584. The Morgan fingerprint density at radius 2 is 1.73 bits per heavy atom. The number of aryl methyl sites for hydroxylation is 1. The highest BCUT2D eigenvalue weighted by Crippen LogP contribution is 2.40. The average Bonchev–Trinajstić information content (AvgIpc) is 3.15. The van der Waals surface area contributed by atoms with Crippen LogP contribution in [0.4, 0.5) is 16.4 Å². The molecule has 0 saturated carbocycles. The summed E-state index contributed by atoms with van der Waals surface area (Å²) in [6.45, 7) is 2.97. The maximum absolute atomic E-state index is 13.0. The van der Waals surface area contributed by atoms with Crippen LogP contribution in [-0.2, 0) is 4.79 Å². The number of rotatable bonds is 6. The number of nitrogens with zero attached hydrogens (tertiary/aromatic N) is 2. The van der Waals surface area contributed by atoms with E-state index >= 15 is 0 Å². The predicted molar refractivity (Wildman–Crippen MR) is 130 cm³/mol. The van der Waals surface area contributed by atoms with Crippen LogP contribution in [0.15, 0.2) is 54.6 Å². The van der Waals surface area contributed by atoms with Gasteiger partial charge in [0, 0.05) is 35.5 Å². The van der Waals surface area contributed by atoms with Gasteiger partial charge < -0.3 is 16.0 Å². The number of nitro benzene ring substituents is 1. The fraction of sp³-hybridized carbons (Fsp3) is 0.250. The minimum Gasteiger partial charge on any atom is -0.366 e. The van der Waals surface area contributed by atoms with E-state index in [0.717, 1.165) is 16.0 Å². The Kier molecular flexibility index (Phi) is 6.41. The predicted octanol–water partition coefficient (Wildman–Crippen LogP) is 4.59. The number of thiophene rings is 1. The topological polar surface area (TPSA) is 119 Å². The third-order valence-electron chi connectivity index (χ3n) is 5.91. The Labute approximate surface area is 195 Å². The van der Waals surface area contributed by atoms with E-state index in [1.54, 1.807) is 18.2 Å². The largest absolute Gasteiger partial charge is 0.366 e. The number of para-hydroxylation sites is 2. The molecule has 0 unspecified atom stereocenters. The van der Waals surface area contributed by atoms with Gasteiger partial charge in [0.25, 0.3) is 11.6 Å². The van der Waals surface area contributed by atoms with Crippen molar-refractivity contribution in [3.05, 3.63) is 75.2 Å². The van der Waals surface area contributed by atoms with Crippen molar-refractivity contribution in [2.75, 3.05) is 23.3 Å². The molecule has 1 saturated heterocycles. The first-order chi connectivity index (χ1) is 15.9. The molecule has 9 heteroatoms. The molecule has 2 aromatic carbocycles. The second-order valence-corrected chi connectivity index (χ2v) is 9.19. The van der Waals surface area contributed by atoms with Gasteiger partial charge in [0.15, 0.2) is 0 Å². The molecule has 8 nitrogen and oxygen atoms in total. The number of amides is 2. The molecule has 3 aromatic rings. The first-order valence-corrected chi connectivity index (χ1v) is 11.5. The van der Waals surface area contributed by atoms with Crippen LogP contribution in [-0.4, -0.2) is 29.8 Å². The van der Waals surface area contributed by atoms with Crippen LogP contribution in [0.3, 0.4) is 0 Å². The number of nitro groups is 1. The maximum atomic E-state index is 13.0. The van der Waals surface area contributed by atoms with Gasteiger partial charge in [0.1, 0.15) is 10.7 Å². The first kappa shape index (κ1) is 22.5. The Morgan fingerprint density at radius 1 is 1.09 bits per heavy atom. The number of benzene rings is 2. The summed E-state index contributed by atoms with van der Waals surface area (Å²) in [7, 11) is 0. The van der Waals surface area contributed by atoms with Gasteiger partial charge in [-0.2, -0.15) is 0 Å². The molecular formula is C24H24N4O4S. The van der Waals surface area contributed by atoms with E-state index in [9.17, 15) is 19.7 Å². The van der Waals surface area contributed by atoms with Crippen LogP contribution >= 0.6 is 11.3 Å². The van der Waals surface area contributed by atoms with Gasteiger partial charge in [-0.25, -0.2) is 0 Å². The summed E-state index contributed by atoms with van der Waals surface area (Å²) in [6, 6.07) is 16.1. The standard InChI is InChI=1S/C24H24N4O4S/c1-15-20(16-7-3-2-4-8-16)21(22(25)29)24(33-15)26-23(30)17-11-13-27(14-12-17)18-9-5-6-10-19(18)28(31)32/h2-10,17H,11-14H2,1H3,(H2,25,29)(H,26,30). The van der Waals surface area contributed by atoms with Crippen LogP contribution < -0.4 is 16.0 Å². The molecule has 2 heterocycles. The summed E-state index contributed by atoms with van der Waals surface area (Å²) in [4.78, 5) is 39.1. The van der Waals surface area contributed by atoms with Gasteiger partial charge in [0.05, 0.1) is 10.5 Å². The molecule has 4 rings (SSSR count). The molecule has 1 aliphatic heterocycles. The summed E-state index contributed by atoms with van der Waals surface area (Å²) in [6.07, 6.45) is 1.11. The van der Waals surface area contributed by atoms with Crippen molar-refractivity contribution in [1.82, 2.24) is 0 Å². The van der Waals surface area contributed by atoms with Crippen molar-refractivity contribution in [2.45, 2.75) is 19.8 Å². The molecule has 0 aliphatic carbocycles. The molecule has 1 aliphatic rings. The van der Waals surface area contributed by atoms with Crippen LogP contribution in [0.25, 0.3) is 11.1 Å². The van der Waals surface area contributed by atoms with Crippen molar-refractivity contribution in [2.24, 2.45) is 11.7 Å². The second-order valence-electron chi connectivity index (χ2n) is 7.96. The summed E-state index contributed by atoms with van der Waals surface area (Å²) >= 11 is 1.34. The van der Waals surface area contributed by atoms with Crippen LogP contribution in [0.2, 0.25) is 0 Å². The van der Waals surface area contributed by atoms with Gasteiger partial charge in [-0.3, -0.25) is 19.7 Å². The molecule has 2 amide bonds. The number of nitrogens with one attached hydrogen (secondary N) is 1. The summed E-state index contributed by atoms with van der Waals surface area (Å²) in [5.41, 5.74) is 8.27. The molecule has 170 valence electrons. The smallest absolute Gasteiger partial charge is 0.292 e. The Morgan fingerprint density at radius 3 is 2.36 bits per heavy atom. The van der Waals surface area contributed by atoms with Crippen LogP contribution in [0.5, 0.6) is 0 Å². The maximum Gasteiger partial charge on any atom is 0.292 e. The van der Waals surface area contributed by atoms with Crippen LogP contribution in [0.1, 0.15) is 28.1 Å². The van der Waals surface area contributed by atoms with Gasteiger partial charge >= 0.3 is 0 Å². The second kappa shape index (κ2) is 9.41. The van der Waals surface area contributed by atoms with E-state index in [-0.39, 0.29) is 22.4 Å². The third kappa shape index (κ3) is 4.58. The van der Waals surface area contributed by atoms with Gasteiger partial charge in [0.2, 0.25) is 5.91 Å². The molecule has 0 atom stereocenters. The lowest BCUT2D eigenvalue weighted by Crippen LogP contribution is -2.38. The van der Waals surface area contributed by atoms with E-state index in [1.165, 1.54) is 17.4 Å². The van der Waals surface area contributed by atoms with Gasteiger partial charge in [-0.1, -0.05) is 42.5 Å². The lowest BCUT2D eigenvalue weighted by molar-refractivity contribution is -0.384. The number of carbonyl (C=O) groups is 2. The summed E-state index contributed by atoms with van der Waals surface area (Å²) in [5, 5.41) is 14.7. The number of nitrogens with two attached hydrogens (primary N) is 1. The van der Waals surface area contributed by atoms with E-state index < -0.39 is 5.91 Å². The zero-order valence-electron chi connectivity index (χ0n) is 18.1. The van der Waals surface area contributed by atoms with E-state index in [4.69, 9.17) is 5.73 Å². The number of primary amides is 1. The Hall–Kier alpha value is -3.72. The SMILES string of the molecule is Cc1sc(NC(=O)C2CCN(c3ccccc3[N+](=O)[O-])CC2)c(C(N)=O)c1-c1ccccc1. The van der Waals surface area contributed by atoms with Gasteiger partial charge in [-0.15, -0.1) is 11.3 Å².